The van der Waals surface area contributed by atoms with Crippen molar-refractivity contribution in [3.63, 3.8) is 0 Å². The quantitative estimate of drug-likeness (QED) is 0.271. The van der Waals surface area contributed by atoms with Crippen molar-refractivity contribution in [1.82, 2.24) is 0 Å². The molecule has 0 saturated carbocycles. The molecule has 1 N–H and O–H groups in total. The molecule has 0 saturated heterocycles. The van der Waals surface area contributed by atoms with Crippen molar-refractivity contribution in [2.24, 2.45) is 0 Å². The van der Waals surface area contributed by atoms with Gasteiger partial charge < -0.3 is 19.3 Å². The van der Waals surface area contributed by atoms with Gasteiger partial charge in [-0.1, -0.05) is 121 Å². The summed E-state index contributed by atoms with van der Waals surface area (Å²) in [7, 11) is 0. The van der Waals surface area contributed by atoms with Crippen LogP contribution in [-0.2, 0) is 32.2 Å². The number of aliphatic hydroxyl groups is 1. The molecule has 5 heteroatoms. The smallest absolute Gasteiger partial charge is 0.339 e. The molecule has 0 aliphatic carbocycles. The van der Waals surface area contributed by atoms with Crippen LogP contribution in [0.5, 0.6) is 0 Å². The Kier molecular flexibility index (Phi) is 9.39. The van der Waals surface area contributed by atoms with Crippen molar-refractivity contribution in [2.45, 2.75) is 31.5 Å². The number of hydrogen-bond acceptors (Lipinski definition) is 5. The fourth-order valence-corrected chi connectivity index (χ4v) is 3.87. The van der Waals surface area contributed by atoms with Crippen LogP contribution in [0.15, 0.2) is 121 Å². The molecule has 4 rings (SSSR count). The van der Waals surface area contributed by atoms with Crippen LogP contribution in [0.2, 0.25) is 0 Å². The molecular formula is C31H30O5. The lowest BCUT2D eigenvalue weighted by molar-refractivity contribution is -0.178. The Bertz CT molecular complexity index is 1130. The van der Waals surface area contributed by atoms with Crippen LogP contribution in [0.4, 0.5) is 0 Å². The summed E-state index contributed by atoms with van der Waals surface area (Å²) in [5, 5.41) is 10.2. The minimum Gasteiger partial charge on any atom is -0.451 e. The largest absolute Gasteiger partial charge is 0.451 e. The Morgan fingerprint density at radius 3 is 1.47 bits per heavy atom. The zero-order valence-electron chi connectivity index (χ0n) is 20.0. The van der Waals surface area contributed by atoms with Gasteiger partial charge in [-0.05, 0) is 22.3 Å². The first-order valence-corrected chi connectivity index (χ1v) is 12.0. The summed E-state index contributed by atoms with van der Waals surface area (Å²) in [6.45, 7) is 0.00121. The molecule has 0 bridgehead atoms. The van der Waals surface area contributed by atoms with Gasteiger partial charge >= 0.3 is 5.97 Å². The maximum absolute atomic E-state index is 13.6. The third-order valence-corrected chi connectivity index (χ3v) is 5.77. The zero-order chi connectivity index (χ0) is 25.0. The van der Waals surface area contributed by atoms with Gasteiger partial charge in [-0.3, -0.25) is 0 Å². The van der Waals surface area contributed by atoms with Crippen LogP contribution in [0.25, 0.3) is 0 Å². The van der Waals surface area contributed by atoms with E-state index >= 15 is 0 Å². The molecule has 0 unspecified atom stereocenters. The van der Waals surface area contributed by atoms with Crippen molar-refractivity contribution in [1.29, 1.82) is 0 Å². The zero-order valence-corrected chi connectivity index (χ0v) is 20.0. The lowest BCUT2D eigenvalue weighted by Gasteiger charge is -2.27. The lowest BCUT2D eigenvalue weighted by atomic mass is 10.0. The normalized spacial score (nSPS) is 12.7. The van der Waals surface area contributed by atoms with E-state index in [4.69, 9.17) is 14.2 Å². The van der Waals surface area contributed by atoms with Gasteiger partial charge in [0, 0.05) is 0 Å². The molecule has 0 amide bonds. The molecular weight excluding hydrogens is 452 g/mol. The topological polar surface area (TPSA) is 65.0 Å². The molecule has 2 atom stereocenters. The average molecular weight is 483 g/mol. The van der Waals surface area contributed by atoms with Crippen molar-refractivity contribution in [2.75, 3.05) is 6.61 Å². The molecule has 4 aromatic rings. The summed E-state index contributed by atoms with van der Waals surface area (Å²) in [6, 6.07) is 38.3. The standard InChI is InChI=1S/C31H30O5/c32-21-28(34-22-24-13-5-1-6-14-24)30(35-23-25-15-7-2-8-16-25)31(33)36-29(26-17-9-3-10-18-26)27-19-11-4-12-20-27/h1-20,28-30,32H,21-23H2/t28-,30-/m1/s1. The number of hydrogen-bond donors (Lipinski definition) is 1. The molecule has 0 aromatic heterocycles. The molecule has 0 aliphatic heterocycles. The maximum atomic E-state index is 13.6. The highest BCUT2D eigenvalue weighted by Crippen LogP contribution is 2.27. The fraction of sp³-hybridized carbons (Fsp3) is 0.194. The first kappa shape index (κ1) is 25.3. The second-order valence-electron chi connectivity index (χ2n) is 8.37. The molecule has 0 spiro atoms. The Morgan fingerprint density at radius 2 is 1.03 bits per heavy atom. The Morgan fingerprint density at radius 1 is 0.611 bits per heavy atom. The van der Waals surface area contributed by atoms with Crippen molar-refractivity contribution >= 4 is 5.97 Å². The first-order chi connectivity index (χ1) is 17.7. The predicted octanol–water partition coefficient (Wildman–Crippen LogP) is 5.48. The molecule has 4 aromatic carbocycles. The summed E-state index contributed by atoms with van der Waals surface area (Å²) in [5.41, 5.74) is 3.50. The van der Waals surface area contributed by atoms with Gasteiger partial charge in [0.05, 0.1) is 19.8 Å². The number of benzene rings is 4. The van der Waals surface area contributed by atoms with E-state index in [0.717, 1.165) is 22.3 Å². The highest BCUT2D eigenvalue weighted by Gasteiger charge is 2.34. The van der Waals surface area contributed by atoms with Crippen LogP contribution in [0.1, 0.15) is 28.4 Å². The van der Waals surface area contributed by atoms with Gasteiger partial charge in [-0.15, -0.1) is 0 Å². The molecule has 5 nitrogen and oxygen atoms in total. The predicted molar refractivity (Wildman–Crippen MR) is 138 cm³/mol. The van der Waals surface area contributed by atoms with Gasteiger partial charge in [0.1, 0.15) is 6.10 Å². The van der Waals surface area contributed by atoms with Gasteiger partial charge in [0.15, 0.2) is 12.2 Å². The van der Waals surface area contributed by atoms with E-state index in [-0.39, 0.29) is 13.2 Å². The summed E-state index contributed by atoms with van der Waals surface area (Å²) >= 11 is 0. The van der Waals surface area contributed by atoms with E-state index in [2.05, 4.69) is 0 Å². The second kappa shape index (κ2) is 13.4. The summed E-state index contributed by atoms with van der Waals surface area (Å²) in [5.74, 6) is -0.601. The third kappa shape index (κ3) is 7.12. The van der Waals surface area contributed by atoms with Gasteiger partial charge in [0.2, 0.25) is 0 Å². The minimum atomic E-state index is -1.13. The van der Waals surface area contributed by atoms with Gasteiger partial charge in [0.25, 0.3) is 0 Å². The summed E-state index contributed by atoms with van der Waals surface area (Å²) in [6.07, 6.45) is -2.67. The van der Waals surface area contributed by atoms with Crippen molar-refractivity contribution in [3.8, 4) is 0 Å². The Balaban J connectivity index is 1.56. The number of rotatable bonds is 12. The highest BCUT2D eigenvalue weighted by molar-refractivity contribution is 5.76. The minimum absolute atomic E-state index is 0.174. The van der Waals surface area contributed by atoms with Crippen LogP contribution in [0, 0.1) is 0 Å². The van der Waals surface area contributed by atoms with E-state index in [1.54, 1.807) is 0 Å². The molecule has 0 fully saturated rings. The van der Waals surface area contributed by atoms with Crippen LogP contribution in [0.3, 0.4) is 0 Å². The Labute approximate surface area is 211 Å². The Hall–Kier alpha value is -3.77. The fourth-order valence-electron chi connectivity index (χ4n) is 3.87. The monoisotopic (exact) mass is 482 g/mol. The van der Waals surface area contributed by atoms with Crippen LogP contribution < -0.4 is 0 Å². The van der Waals surface area contributed by atoms with E-state index < -0.39 is 30.9 Å². The molecule has 0 radical (unpaired) electrons. The molecule has 0 heterocycles. The van der Waals surface area contributed by atoms with Gasteiger partial charge in [-0.25, -0.2) is 4.79 Å². The number of ether oxygens (including phenoxy) is 3. The highest BCUT2D eigenvalue weighted by atomic mass is 16.6. The number of esters is 1. The molecule has 0 aliphatic rings. The number of aliphatic hydroxyl groups excluding tert-OH is 1. The molecule has 184 valence electrons. The van der Waals surface area contributed by atoms with E-state index in [9.17, 15) is 9.90 Å². The van der Waals surface area contributed by atoms with E-state index in [1.807, 2.05) is 121 Å². The number of carbonyl (C=O) groups is 1. The number of carbonyl (C=O) groups excluding carboxylic acids is 1. The SMILES string of the molecule is O=C(OC(c1ccccc1)c1ccccc1)[C@H](OCc1ccccc1)[C@@H](CO)OCc1ccccc1. The van der Waals surface area contributed by atoms with Gasteiger partial charge in [-0.2, -0.15) is 0 Å². The average Bonchev–Trinajstić information content (AvgIpc) is 2.95. The summed E-state index contributed by atoms with van der Waals surface area (Å²) in [4.78, 5) is 13.6. The maximum Gasteiger partial charge on any atom is 0.339 e. The van der Waals surface area contributed by atoms with E-state index in [0.29, 0.717) is 0 Å². The van der Waals surface area contributed by atoms with Crippen LogP contribution in [-0.4, -0.2) is 29.9 Å². The first-order valence-electron chi connectivity index (χ1n) is 12.0. The van der Waals surface area contributed by atoms with Crippen molar-refractivity contribution < 1.29 is 24.1 Å². The van der Waals surface area contributed by atoms with E-state index in [1.165, 1.54) is 0 Å². The molecule has 36 heavy (non-hydrogen) atoms. The van der Waals surface area contributed by atoms with Crippen molar-refractivity contribution in [3.05, 3.63) is 144 Å². The third-order valence-electron chi connectivity index (χ3n) is 5.77. The second-order valence-corrected chi connectivity index (χ2v) is 8.37. The van der Waals surface area contributed by atoms with Crippen LogP contribution >= 0.6 is 0 Å². The lowest BCUT2D eigenvalue weighted by Crippen LogP contribution is -2.42. The summed E-state index contributed by atoms with van der Waals surface area (Å²) < 4.78 is 18.1.